The van der Waals surface area contributed by atoms with Crippen molar-refractivity contribution in [3.8, 4) is 0 Å². The summed E-state index contributed by atoms with van der Waals surface area (Å²) in [4.78, 5) is 15.5. The molecule has 1 aliphatic rings. The Bertz CT molecular complexity index is 469. The number of carboxylic acid groups (broad SMARTS) is 1. The molecule has 1 aliphatic heterocycles. The summed E-state index contributed by atoms with van der Waals surface area (Å²) in [7, 11) is 0. The van der Waals surface area contributed by atoms with Crippen LogP contribution in [0.3, 0.4) is 0 Å². The lowest BCUT2D eigenvalue weighted by atomic mass is 10.2. The molecule has 18 heavy (non-hydrogen) atoms. The Kier molecular flexibility index (Phi) is 2.95. The molecule has 1 atom stereocenters. The van der Waals surface area contributed by atoms with Gasteiger partial charge in [0.2, 0.25) is 5.76 Å². The summed E-state index contributed by atoms with van der Waals surface area (Å²) in [6.45, 7) is 2.97. The summed E-state index contributed by atoms with van der Waals surface area (Å²) in [6, 6.07) is -0.274. The van der Waals surface area contributed by atoms with Gasteiger partial charge in [-0.1, -0.05) is 6.92 Å². The number of anilines is 1. The number of carboxylic acids is 1. The van der Waals surface area contributed by atoms with Crippen LogP contribution >= 0.6 is 0 Å². The standard InChI is InChI=1S/C10H11F3N2O3/c1-5-2-3-15(4-5)9-14-7(10(11,12)13)6(18-9)8(16)17/h5H,2-4H2,1H3,(H,16,17). The zero-order valence-electron chi connectivity index (χ0n) is 9.49. The number of oxazole rings is 1. The van der Waals surface area contributed by atoms with E-state index < -0.39 is 23.6 Å². The van der Waals surface area contributed by atoms with E-state index in [2.05, 4.69) is 4.98 Å². The third-order valence-corrected chi connectivity index (χ3v) is 2.77. The van der Waals surface area contributed by atoms with Crippen LogP contribution in [0.4, 0.5) is 19.2 Å². The minimum absolute atomic E-state index is 0.274. The molecule has 1 fully saturated rings. The second-order valence-electron chi connectivity index (χ2n) is 4.32. The van der Waals surface area contributed by atoms with Crippen molar-refractivity contribution in [3.63, 3.8) is 0 Å². The van der Waals surface area contributed by atoms with Crippen molar-refractivity contribution < 1.29 is 27.5 Å². The summed E-state index contributed by atoms with van der Waals surface area (Å²) >= 11 is 0. The molecule has 0 saturated carbocycles. The van der Waals surface area contributed by atoms with Gasteiger partial charge in [0.1, 0.15) is 0 Å². The van der Waals surface area contributed by atoms with Gasteiger partial charge in [0.05, 0.1) is 0 Å². The SMILES string of the molecule is CC1CCN(c2nc(C(F)(F)F)c(C(=O)O)o2)C1. The van der Waals surface area contributed by atoms with E-state index in [4.69, 9.17) is 9.52 Å². The molecule has 1 N–H and O–H groups in total. The Balaban J connectivity index is 2.37. The third kappa shape index (κ3) is 2.27. The largest absolute Gasteiger partial charge is 0.475 e. The fourth-order valence-electron chi connectivity index (χ4n) is 1.89. The van der Waals surface area contributed by atoms with Crippen molar-refractivity contribution in [1.82, 2.24) is 4.98 Å². The molecule has 2 heterocycles. The van der Waals surface area contributed by atoms with Gasteiger partial charge in [-0.3, -0.25) is 0 Å². The number of hydrogen-bond acceptors (Lipinski definition) is 4. The molecule has 1 saturated heterocycles. The van der Waals surface area contributed by atoms with E-state index in [1.54, 1.807) is 0 Å². The monoisotopic (exact) mass is 264 g/mol. The molecular formula is C10H11F3N2O3. The van der Waals surface area contributed by atoms with Crippen LogP contribution in [-0.4, -0.2) is 29.1 Å². The first kappa shape index (κ1) is 12.7. The average Bonchev–Trinajstić information content (AvgIpc) is 2.81. The molecule has 8 heteroatoms. The normalized spacial score (nSPS) is 20.4. The third-order valence-electron chi connectivity index (χ3n) is 2.77. The highest BCUT2D eigenvalue weighted by Crippen LogP contribution is 2.35. The summed E-state index contributed by atoms with van der Waals surface area (Å²) in [5.41, 5.74) is -1.48. The molecule has 0 spiro atoms. The van der Waals surface area contributed by atoms with E-state index in [9.17, 15) is 18.0 Å². The van der Waals surface area contributed by atoms with E-state index in [1.165, 1.54) is 4.90 Å². The molecule has 0 amide bonds. The lowest BCUT2D eigenvalue weighted by molar-refractivity contribution is -0.141. The topological polar surface area (TPSA) is 66.6 Å². The fraction of sp³-hybridized carbons (Fsp3) is 0.600. The van der Waals surface area contributed by atoms with Gasteiger partial charge in [0.15, 0.2) is 5.69 Å². The molecule has 0 bridgehead atoms. The highest BCUT2D eigenvalue weighted by molar-refractivity contribution is 5.86. The molecule has 1 aromatic rings. The van der Waals surface area contributed by atoms with Crippen molar-refractivity contribution in [3.05, 3.63) is 11.5 Å². The van der Waals surface area contributed by atoms with Gasteiger partial charge in [-0.25, -0.2) is 4.79 Å². The van der Waals surface area contributed by atoms with Gasteiger partial charge in [-0.05, 0) is 12.3 Å². The number of carbonyl (C=O) groups is 1. The Morgan fingerprint density at radius 2 is 2.22 bits per heavy atom. The van der Waals surface area contributed by atoms with Crippen LogP contribution in [0.1, 0.15) is 29.6 Å². The number of alkyl halides is 3. The molecule has 0 aromatic carbocycles. The maximum atomic E-state index is 12.6. The summed E-state index contributed by atoms with van der Waals surface area (Å²) in [5, 5.41) is 8.68. The molecule has 0 radical (unpaired) electrons. The van der Waals surface area contributed by atoms with Crippen LogP contribution < -0.4 is 4.90 Å². The predicted octanol–water partition coefficient (Wildman–Crippen LogP) is 2.24. The van der Waals surface area contributed by atoms with Crippen molar-refractivity contribution in [1.29, 1.82) is 0 Å². The summed E-state index contributed by atoms with van der Waals surface area (Å²) in [5.74, 6) is -2.61. The minimum Gasteiger partial charge on any atom is -0.475 e. The minimum atomic E-state index is -4.83. The predicted molar refractivity (Wildman–Crippen MR) is 54.5 cm³/mol. The molecule has 100 valence electrons. The van der Waals surface area contributed by atoms with Gasteiger partial charge in [-0.15, -0.1) is 0 Å². The van der Waals surface area contributed by atoms with Gasteiger partial charge in [0, 0.05) is 13.1 Å². The fourth-order valence-corrected chi connectivity index (χ4v) is 1.89. The van der Waals surface area contributed by atoms with Crippen LogP contribution in [-0.2, 0) is 6.18 Å². The number of rotatable bonds is 2. The highest BCUT2D eigenvalue weighted by Gasteiger charge is 2.42. The van der Waals surface area contributed by atoms with Gasteiger partial charge in [-0.2, -0.15) is 18.2 Å². The first-order valence-electron chi connectivity index (χ1n) is 5.35. The zero-order valence-corrected chi connectivity index (χ0v) is 9.49. The van der Waals surface area contributed by atoms with Crippen molar-refractivity contribution >= 4 is 12.0 Å². The first-order valence-corrected chi connectivity index (χ1v) is 5.35. The van der Waals surface area contributed by atoms with E-state index in [0.717, 1.165) is 6.42 Å². The van der Waals surface area contributed by atoms with Crippen LogP contribution in [0, 0.1) is 5.92 Å². The van der Waals surface area contributed by atoms with Crippen LogP contribution in [0.15, 0.2) is 4.42 Å². The van der Waals surface area contributed by atoms with Gasteiger partial charge >= 0.3 is 12.1 Å². The second kappa shape index (κ2) is 4.18. The number of halogens is 3. The lowest BCUT2D eigenvalue weighted by Gasteiger charge is -2.11. The summed E-state index contributed by atoms with van der Waals surface area (Å²) < 4.78 is 42.5. The lowest BCUT2D eigenvalue weighted by Crippen LogP contribution is -2.19. The van der Waals surface area contributed by atoms with Crippen molar-refractivity contribution in [2.24, 2.45) is 5.92 Å². The molecular weight excluding hydrogens is 253 g/mol. The van der Waals surface area contributed by atoms with E-state index in [1.807, 2.05) is 6.92 Å². The number of aromatic carboxylic acids is 1. The zero-order chi connectivity index (χ0) is 13.5. The molecule has 1 aromatic heterocycles. The van der Waals surface area contributed by atoms with Crippen LogP contribution in [0.25, 0.3) is 0 Å². The maximum Gasteiger partial charge on any atom is 0.437 e. The van der Waals surface area contributed by atoms with Crippen molar-refractivity contribution in [2.45, 2.75) is 19.5 Å². The Morgan fingerprint density at radius 3 is 2.61 bits per heavy atom. The van der Waals surface area contributed by atoms with Gasteiger partial charge in [0.25, 0.3) is 6.01 Å². The van der Waals surface area contributed by atoms with E-state index in [0.29, 0.717) is 19.0 Å². The Labute approximate surface area is 100 Å². The van der Waals surface area contributed by atoms with Crippen molar-refractivity contribution in [2.75, 3.05) is 18.0 Å². The van der Waals surface area contributed by atoms with Gasteiger partial charge < -0.3 is 14.4 Å². The number of aromatic nitrogens is 1. The average molecular weight is 264 g/mol. The molecule has 0 aliphatic carbocycles. The molecule has 1 unspecified atom stereocenters. The van der Waals surface area contributed by atoms with Crippen LogP contribution in [0.5, 0.6) is 0 Å². The Morgan fingerprint density at radius 1 is 1.56 bits per heavy atom. The maximum absolute atomic E-state index is 12.6. The molecule has 2 rings (SSSR count). The van der Waals surface area contributed by atoms with Crippen LogP contribution in [0.2, 0.25) is 0 Å². The number of nitrogens with zero attached hydrogens (tertiary/aromatic N) is 2. The highest BCUT2D eigenvalue weighted by atomic mass is 19.4. The smallest absolute Gasteiger partial charge is 0.437 e. The molecule has 5 nitrogen and oxygen atoms in total. The summed E-state index contributed by atoms with van der Waals surface area (Å²) in [6.07, 6.45) is -4.02. The quantitative estimate of drug-likeness (QED) is 0.887. The number of hydrogen-bond donors (Lipinski definition) is 1. The second-order valence-corrected chi connectivity index (χ2v) is 4.32. The van der Waals surface area contributed by atoms with E-state index >= 15 is 0 Å². The first-order chi connectivity index (χ1) is 8.29. The van der Waals surface area contributed by atoms with E-state index in [-0.39, 0.29) is 6.01 Å². The Hall–Kier alpha value is -1.73.